The van der Waals surface area contributed by atoms with Gasteiger partial charge in [0.15, 0.2) is 11.6 Å². The van der Waals surface area contributed by atoms with Crippen molar-refractivity contribution in [2.75, 3.05) is 13.2 Å². The van der Waals surface area contributed by atoms with Crippen LogP contribution in [0.5, 0.6) is 0 Å². The van der Waals surface area contributed by atoms with Crippen molar-refractivity contribution >= 4 is 27.7 Å². The van der Waals surface area contributed by atoms with Crippen LogP contribution in [0.1, 0.15) is 46.5 Å². The normalized spacial score (nSPS) is 47.4. The molecular formula is C23H29BrO5. The Kier molecular flexibility index (Phi) is 4.48. The van der Waals surface area contributed by atoms with Gasteiger partial charge in [-0.15, -0.1) is 0 Å². The highest BCUT2D eigenvalue weighted by atomic mass is 79.9. The first-order valence-electron chi connectivity index (χ1n) is 10.7. The van der Waals surface area contributed by atoms with Gasteiger partial charge in [0, 0.05) is 30.1 Å². The van der Waals surface area contributed by atoms with Crippen LogP contribution >= 0.6 is 15.9 Å². The molecule has 6 heteroatoms. The standard InChI is InChI=1S/C23H29BrO5/c1-13(25)29-15-4-6-21(2)14(10-15)11-18(26)20-16(21)5-7-22(3)17(20)12-19(24)23(22)27-8-9-28-23/h4,6,11,15-17,19-20H,5,7-10,12H2,1-3H3/t15?,16?,17?,19?,20?,21-,22-/m0/s1. The number of carbonyl (C=O) groups excluding carboxylic acids is 2. The van der Waals surface area contributed by atoms with E-state index in [1.807, 2.05) is 12.2 Å². The zero-order valence-electron chi connectivity index (χ0n) is 17.3. The molecule has 0 bridgehead atoms. The summed E-state index contributed by atoms with van der Waals surface area (Å²) in [5.41, 5.74) is 0.776. The number of hydrogen-bond acceptors (Lipinski definition) is 5. The highest BCUT2D eigenvalue weighted by Crippen LogP contribution is 2.68. The predicted octanol–water partition coefficient (Wildman–Crippen LogP) is 3.95. The highest BCUT2D eigenvalue weighted by Gasteiger charge is 2.71. The lowest BCUT2D eigenvalue weighted by molar-refractivity contribution is -0.236. The third-order valence-corrected chi connectivity index (χ3v) is 9.52. The van der Waals surface area contributed by atoms with Crippen molar-refractivity contribution in [2.45, 2.75) is 63.2 Å². The first kappa shape index (κ1) is 20.0. The number of halogens is 1. The zero-order chi connectivity index (χ0) is 20.6. The van der Waals surface area contributed by atoms with Crippen LogP contribution in [0.2, 0.25) is 0 Å². The maximum absolute atomic E-state index is 13.4. The molecule has 5 unspecified atom stereocenters. The number of ketones is 1. The van der Waals surface area contributed by atoms with E-state index in [0.29, 0.717) is 19.6 Å². The average Bonchev–Trinajstić information content (AvgIpc) is 3.23. The summed E-state index contributed by atoms with van der Waals surface area (Å²) in [6.07, 6.45) is 9.26. The van der Waals surface area contributed by atoms with Gasteiger partial charge in [-0.3, -0.25) is 9.59 Å². The molecule has 1 heterocycles. The van der Waals surface area contributed by atoms with Gasteiger partial charge in [-0.05, 0) is 43.3 Å². The van der Waals surface area contributed by atoms with Crippen LogP contribution in [0.3, 0.4) is 0 Å². The molecule has 7 atom stereocenters. The Morgan fingerprint density at radius 1 is 1.24 bits per heavy atom. The fraction of sp³-hybridized carbons (Fsp3) is 0.739. The molecule has 0 radical (unpaired) electrons. The van der Waals surface area contributed by atoms with Gasteiger partial charge >= 0.3 is 5.97 Å². The van der Waals surface area contributed by atoms with Crippen molar-refractivity contribution in [1.29, 1.82) is 0 Å². The maximum Gasteiger partial charge on any atom is 0.303 e. The van der Waals surface area contributed by atoms with Crippen LogP contribution < -0.4 is 0 Å². The first-order valence-corrected chi connectivity index (χ1v) is 11.7. The van der Waals surface area contributed by atoms with Crippen molar-refractivity contribution in [3.63, 3.8) is 0 Å². The quantitative estimate of drug-likeness (QED) is 0.334. The van der Waals surface area contributed by atoms with Gasteiger partial charge in [0.25, 0.3) is 0 Å². The molecule has 0 aromatic rings. The largest absolute Gasteiger partial charge is 0.458 e. The predicted molar refractivity (Wildman–Crippen MR) is 110 cm³/mol. The molecule has 5 rings (SSSR count). The summed E-state index contributed by atoms with van der Waals surface area (Å²) in [5.74, 6) is -0.205. The van der Waals surface area contributed by atoms with E-state index in [1.54, 1.807) is 0 Å². The molecule has 1 aliphatic heterocycles. The second-order valence-electron chi connectivity index (χ2n) is 9.83. The molecule has 0 aromatic carbocycles. The molecular weight excluding hydrogens is 436 g/mol. The number of hydrogen-bond donors (Lipinski definition) is 0. The summed E-state index contributed by atoms with van der Waals surface area (Å²) in [4.78, 5) is 24.9. The minimum atomic E-state index is -0.614. The Morgan fingerprint density at radius 3 is 2.66 bits per heavy atom. The van der Waals surface area contributed by atoms with Crippen molar-refractivity contribution < 1.29 is 23.8 Å². The lowest BCUT2D eigenvalue weighted by atomic mass is 9.48. The lowest BCUT2D eigenvalue weighted by Crippen LogP contribution is -2.57. The van der Waals surface area contributed by atoms with Gasteiger partial charge in [-0.2, -0.15) is 0 Å². The van der Waals surface area contributed by atoms with Crippen molar-refractivity contribution in [2.24, 2.45) is 28.6 Å². The zero-order valence-corrected chi connectivity index (χ0v) is 18.9. The van der Waals surface area contributed by atoms with E-state index < -0.39 is 5.79 Å². The molecule has 0 amide bonds. The summed E-state index contributed by atoms with van der Waals surface area (Å²) in [5, 5.41) is 0. The van der Waals surface area contributed by atoms with E-state index in [4.69, 9.17) is 14.2 Å². The van der Waals surface area contributed by atoms with Crippen LogP contribution in [0.25, 0.3) is 0 Å². The second kappa shape index (κ2) is 6.51. The van der Waals surface area contributed by atoms with Crippen molar-refractivity contribution in [3.8, 4) is 0 Å². The molecule has 1 saturated heterocycles. The van der Waals surface area contributed by atoms with Crippen molar-refractivity contribution in [1.82, 2.24) is 0 Å². The smallest absolute Gasteiger partial charge is 0.303 e. The third-order valence-electron chi connectivity index (χ3n) is 8.55. The summed E-state index contributed by atoms with van der Waals surface area (Å²) in [6, 6.07) is 0. The number of fused-ring (bicyclic) bond motifs is 6. The molecule has 0 N–H and O–H groups in total. The summed E-state index contributed by atoms with van der Waals surface area (Å²) < 4.78 is 17.9. The number of allylic oxidation sites excluding steroid dienone is 2. The van der Waals surface area contributed by atoms with E-state index >= 15 is 0 Å². The van der Waals surface area contributed by atoms with Gasteiger partial charge in [0.1, 0.15) is 6.10 Å². The molecule has 1 spiro atoms. The lowest BCUT2D eigenvalue weighted by Gasteiger charge is -2.56. The minimum absolute atomic E-state index is 0.0235. The maximum atomic E-state index is 13.4. The van der Waals surface area contributed by atoms with Crippen LogP contribution in [-0.4, -0.2) is 41.7 Å². The summed E-state index contributed by atoms with van der Waals surface area (Å²) in [6.45, 7) is 7.19. The van der Waals surface area contributed by atoms with Crippen molar-refractivity contribution in [3.05, 3.63) is 23.8 Å². The Balaban J connectivity index is 1.51. The Hall–Kier alpha value is -0.980. The second-order valence-corrected chi connectivity index (χ2v) is 10.9. The topological polar surface area (TPSA) is 61.8 Å². The van der Waals surface area contributed by atoms with E-state index in [9.17, 15) is 9.59 Å². The van der Waals surface area contributed by atoms with Crippen LogP contribution in [0.15, 0.2) is 23.8 Å². The van der Waals surface area contributed by atoms with E-state index in [-0.39, 0.29) is 51.3 Å². The van der Waals surface area contributed by atoms with E-state index in [0.717, 1.165) is 24.8 Å². The number of rotatable bonds is 1. The molecule has 3 fully saturated rings. The number of esters is 1. The first-order chi connectivity index (χ1) is 13.7. The SMILES string of the molecule is CC(=O)OC1C=C[C@@]2(C)C(=CC(=O)C3C2CC[C@@]2(C)C3CC(Br)C23OCCO3)C1. The number of alkyl halides is 1. The van der Waals surface area contributed by atoms with Gasteiger partial charge in [0.2, 0.25) is 0 Å². The Labute approximate surface area is 180 Å². The molecule has 29 heavy (non-hydrogen) atoms. The Morgan fingerprint density at radius 2 is 1.97 bits per heavy atom. The fourth-order valence-corrected chi connectivity index (χ4v) is 8.33. The van der Waals surface area contributed by atoms with Gasteiger partial charge < -0.3 is 14.2 Å². The van der Waals surface area contributed by atoms with Crippen LogP contribution in [-0.2, 0) is 23.8 Å². The average molecular weight is 465 g/mol. The van der Waals surface area contributed by atoms with Crippen LogP contribution in [0.4, 0.5) is 0 Å². The van der Waals surface area contributed by atoms with Gasteiger partial charge in [-0.1, -0.05) is 41.4 Å². The third kappa shape index (κ3) is 2.58. The molecule has 158 valence electrons. The molecule has 2 saturated carbocycles. The molecule has 5 nitrogen and oxygen atoms in total. The minimum Gasteiger partial charge on any atom is -0.458 e. The van der Waals surface area contributed by atoms with E-state index in [2.05, 4.69) is 35.9 Å². The van der Waals surface area contributed by atoms with Gasteiger partial charge in [0.05, 0.1) is 18.0 Å². The summed E-state index contributed by atoms with van der Waals surface area (Å²) in [7, 11) is 0. The van der Waals surface area contributed by atoms with Gasteiger partial charge in [-0.25, -0.2) is 0 Å². The summed E-state index contributed by atoms with van der Waals surface area (Å²) >= 11 is 3.86. The number of carbonyl (C=O) groups is 2. The highest BCUT2D eigenvalue weighted by molar-refractivity contribution is 9.09. The van der Waals surface area contributed by atoms with Crippen LogP contribution in [0, 0.1) is 28.6 Å². The fourth-order valence-electron chi connectivity index (χ4n) is 7.14. The monoisotopic (exact) mass is 464 g/mol. The van der Waals surface area contributed by atoms with E-state index in [1.165, 1.54) is 6.92 Å². The molecule has 5 aliphatic rings. The Bertz CT molecular complexity index is 812. The molecule has 0 aromatic heterocycles. The number of ether oxygens (including phenoxy) is 3. The molecule has 4 aliphatic carbocycles.